The van der Waals surface area contributed by atoms with Crippen molar-refractivity contribution in [1.29, 1.82) is 0 Å². The fraction of sp³-hybridized carbons (Fsp3) is 0. The van der Waals surface area contributed by atoms with Crippen LogP contribution in [0.4, 0.5) is 5.69 Å². The lowest BCUT2D eigenvalue weighted by Gasteiger charge is -2.13. The van der Waals surface area contributed by atoms with Gasteiger partial charge < -0.3 is 0 Å². The Hall–Kier alpha value is -1.62. The van der Waals surface area contributed by atoms with Gasteiger partial charge >= 0.3 is 0 Å². The van der Waals surface area contributed by atoms with E-state index < -0.39 is 15.9 Å². The number of para-hydroxylation sites is 1. The second-order valence-electron chi connectivity index (χ2n) is 2.79. The normalized spacial score (nSPS) is 18.9. The van der Waals surface area contributed by atoms with E-state index in [1.54, 1.807) is 30.3 Å². The van der Waals surface area contributed by atoms with E-state index in [1.165, 1.54) is 0 Å². The van der Waals surface area contributed by atoms with Crippen molar-refractivity contribution in [2.45, 2.75) is 0 Å². The minimum absolute atomic E-state index is 0.363. The number of benzene rings is 1. The molecular formula is C9H7NO3S. The smallest absolute Gasteiger partial charge is 0.265 e. The third-order valence-corrected chi connectivity index (χ3v) is 3.21. The van der Waals surface area contributed by atoms with Crippen molar-refractivity contribution in [2.24, 2.45) is 0 Å². The zero-order valence-electron chi connectivity index (χ0n) is 7.12. The lowest BCUT2D eigenvalue weighted by molar-refractivity contribution is -0.112. The first-order valence-corrected chi connectivity index (χ1v) is 5.44. The number of hydrogen-bond acceptors (Lipinski definition) is 3. The van der Waals surface area contributed by atoms with Crippen molar-refractivity contribution in [3.05, 3.63) is 41.8 Å². The number of carbonyl (C=O) groups excluding carboxylic acids is 1. The van der Waals surface area contributed by atoms with Gasteiger partial charge in [-0.15, -0.1) is 0 Å². The molecule has 72 valence electrons. The minimum Gasteiger partial charge on any atom is -0.268 e. The standard InChI is InChI=1S/C9H7NO3S/c11-9-6-7-14(12,13)10(9)8-4-2-1-3-5-8/h1-7H. The Labute approximate surface area is 81.5 Å². The summed E-state index contributed by atoms with van der Waals surface area (Å²) in [4.78, 5) is 11.3. The number of hydrogen-bond donors (Lipinski definition) is 0. The second-order valence-corrected chi connectivity index (χ2v) is 4.45. The van der Waals surface area contributed by atoms with Crippen LogP contribution in [0.3, 0.4) is 0 Å². The van der Waals surface area contributed by atoms with Gasteiger partial charge in [0.05, 0.1) is 11.1 Å². The molecule has 0 unspecified atom stereocenters. The highest BCUT2D eigenvalue weighted by Crippen LogP contribution is 2.22. The fourth-order valence-electron chi connectivity index (χ4n) is 1.24. The van der Waals surface area contributed by atoms with Crippen molar-refractivity contribution in [3.8, 4) is 0 Å². The Morgan fingerprint density at radius 3 is 2.21 bits per heavy atom. The molecule has 1 amide bonds. The minimum atomic E-state index is -3.59. The van der Waals surface area contributed by atoms with Crippen LogP contribution < -0.4 is 4.31 Å². The monoisotopic (exact) mass is 209 g/mol. The van der Waals surface area contributed by atoms with Gasteiger partial charge in [-0.25, -0.2) is 8.42 Å². The molecule has 1 aliphatic heterocycles. The highest BCUT2D eigenvalue weighted by molar-refractivity contribution is 7.96. The van der Waals surface area contributed by atoms with E-state index in [1.807, 2.05) is 0 Å². The first-order chi connectivity index (χ1) is 6.61. The maximum atomic E-state index is 11.4. The van der Waals surface area contributed by atoms with Gasteiger partial charge in [0.25, 0.3) is 15.9 Å². The third-order valence-electron chi connectivity index (χ3n) is 1.83. The van der Waals surface area contributed by atoms with E-state index in [-0.39, 0.29) is 0 Å². The molecule has 4 nitrogen and oxygen atoms in total. The molecule has 0 saturated carbocycles. The molecule has 1 heterocycles. The summed E-state index contributed by atoms with van der Waals surface area (Å²) in [6.07, 6.45) is 1.04. The molecule has 0 saturated heterocycles. The summed E-state index contributed by atoms with van der Waals surface area (Å²) < 4.78 is 23.6. The van der Waals surface area contributed by atoms with Gasteiger partial charge in [-0.05, 0) is 12.1 Å². The Morgan fingerprint density at radius 1 is 1.07 bits per heavy atom. The molecular weight excluding hydrogens is 202 g/mol. The molecule has 0 spiro atoms. The van der Waals surface area contributed by atoms with Crippen molar-refractivity contribution in [3.63, 3.8) is 0 Å². The molecule has 1 aromatic rings. The van der Waals surface area contributed by atoms with Gasteiger partial charge in [0.2, 0.25) is 0 Å². The van der Waals surface area contributed by atoms with Gasteiger partial charge in [0.1, 0.15) is 0 Å². The van der Waals surface area contributed by atoms with E-state index in [9.17, 15) is 13.2 Å². The van der Waals surface area contributed by atoms with Crippen LogP contribution in [0.1, 0.15) is 0 Å². The van der Waals surface area contributed by atoms with E-state index >= 15 is 0 Å². The average molecular weight is 209 g/mol. The van der Waals surface area contributed by atoms with Crippen LogP contribution in [0.5, 0.6) is 0 Å². The molecule has 1 aromatic carbocycles. The van der Waals surface area contributed by atoms with Gasteiger partial charge in [-0.2, -0.15) is 4.31 Å². The number of anilines is 1. The average Bonchev–Trinajstić information content (AvgIpc) is 2.42. The maximum absolute atomic E-state index is 11.4. The molecule has 2 rings (SSSR count). The highest BCUT2D eigenvalue weighted by Gasteiger charge is 2.30. The molecule has 0 bridgehead atoms. The molecule has 1 aliphatic rings. The highest BCUT2D eigenvalue weighted by atomic mass is 32.2. The van der Waals surface area contributed by atoms with Crippen LogP contribution in [-0.4, -0.2) is 14.3 Å². The molecule has 0 atom stereocenters. The molecule has 5 heteroatoms. The summed E-state index contributed by atoms with van der Waals surface area (Å²) in [5.74, 6) is -0.531. The number of amides is 1. The largest absolute Gasteiger partial charge is 0.268 e. The van der Waals surface area contributed by atoms with E-state index in [2.05, 4.69) is 0 Å². The first kappa shape index (κ1) is 8.96. The molecule has 0 radical (unpaired) electrons. The Kier molecular flexibility index (Phi) is 1.89. The van der Waals surface area contributed by atoms with E-state index in [0.717, 1.165) is 15.8 Å². The van der Waals surface area contributed by atoms with Crippen molar-refractivity contribution < 1.29 is 13.2 Å². The molecule has 0 aliphatic carbocycles. The molecule has 0 fully saturated rings. The summed E-state index contributed by atoms with van der Waals surface area (Å²) in [7, 11) is -3.59. The number of rotatable bonds is 1. The zero-order chi connectivity index (χ0) is 10.2. The summed E-state index contributed by atoms with van der Waals surface area (Å²) in [6, 6.07) is 8.25. The van der Waals surface area contributed by atoms with Crippen molar-refractivity contribution >= 4 is 21.6 Å². The summed E-state index contributed by atoms with van der Waals surface area (Å²) in [6.45, 7) is 0. The second kappa shape index (κ2) is 2.95. The topological polar surface area (TPSA) is 54.5 Å². The van der Waals surface area contributed by atoms with Crippen LogP contribution in [0, 0.1) is 0 Å². The van der Waals surface area contributed by atoms with Crippen molar-refractivity contribution in [1.82, 2.24) is 0 Å². The van der Waals surface area contributed by atoms with Gasteiger partial charge in [0.15, 0.2) is 0 Å². The van der Waals surface area contributed by atoms with Crippen molar-refractivity contribution in [2.75, 3.05) is 4.31 Å². The summed E-state index contributed by atoms with van der Waals surface area (Å²) >= 11 is 0. The van der Waals surface area contributed by atoms with Crippen LogP contribution in [0.15, 0.2) is 41.8 Å². The zero-order valence-corrected chi connectivity index (χ0v) is 7.94. The number of carbonyl (C=O) groups is 1. The SMILES string of the molecule is O=C1C=CS(=O)(=O)N1c1ccccc1. The van der Waals surface area contributed by atoms with Gasteiger partial charge in [-0.3, -0.25) is 4.79 Å². The predicted octanol–water partition coefficient (Wildman–Crippen LogP) is 0.877. The van der Waals surface area contributed by atoms with Gasteiger partial charge in [0, 0.05) is 6.08 Å². The quantitative estimate of drug-likeness (QED) is 0.689. The lowest BCUT2D eigenvalue weighted by atomic mass is 10.3. The van der Waals surface area contributed by atoms with Crippen LogP contribution in [0.25, 0.3) is 0 Å². The Bertz CT molecular complexity index is 490. The fourth-order valence-corrected chi connectivity index (χ4v) is 2.37. The van der Waals surface area contributed by atoms with E-state index in [4.69, 9.17) is 0 Å². The van der Waals surface area contributed by atoms with Gasteiger partial charge in [-0.1, -0.05) is 18.2 Å². The van der Waals surface area contributed by atoms with Crippen LogP contribution >= 0.6 is 0 Å². The molecule has 0 N–H and O–H groups in total. The summed E-state index contributed by atoms with van der Waals surface area (Å²) in [5.41, 5.74) is 0.363. The Morgan fingerprint density at radius 2 is 1.71 bits per heavy atom. The Balaban J connectivity index is 2.52. The van der Waals surface area contributed by atoms with Crippen LogP contribution in [0.2, 0.25) is 0 Å². The third kappa shape index (κ3) is 1.31. The molecule has 0 aromatic heterocycles. The first-order valence-electron chi connectivity index (χ1n) is 3.94. The van der Waals surface area contributed by atoms with E-state index in [0.29, 0.717) is 5.69 Å². The lowest BCUT2D eigenvalue weighted by Crippen LogP contribution is -2.29. The molecule has 14 heavy (non-hydrogen) atoms. The van der Waals surface area contributed by atoms with Crippen LogP contribution in [-0.2, 0) is 14.8 Å². The number of nitrogens with zero attached hydrogens (tertiary/aromatic N) is 1. The predicted molar refractivity (Wildman–Crippen MR) is 52.0 cm³/mol. The summed E-state index contributed by atoms with van der Waals surface area (Å²) in [5, 5.41) is 0.905. The maximum Gasteiger partial charge on any atom is 0.265 e. The number of sulfonamides is 1.